The fourth-order valence-corrected chi connectivity index (χ4v) is 4.54. The smallest absolute Gasteiger partial charge is 0.256 e. The molecule has 0 N–H and O–H groups in total. The van der Waals surface area contributed by atoms with E-state index in [0.29, 0.717) is 13.1 Å². The summed E-state index contributed by atoms with van der Waals surface area (Å²) in [5.41, 5.74) is 2.65. The van der Waals surface area contributed by atoms with Crippen molar-refractivity contribution in [2.24, 2.45) is 0 Å². The Labute approximate surface area is 190 Å². The highest BCUT2D eigenvalue weighted by molar-refractivity contribution is 5.94. The van der Waals surface area contributed by atoms with Crippen LogP contribution in [0.4, 0.5) is 8.78 Å². The first-order valence-corrected chi connectivity index (χ1v) is 10.9. The van der Waals surface area contributed by atoms with Gasteiger partial charge < -0.3 is 14.0 Å². The summed E-state index contributed by atoms with van der Waals surface area (Å²) < 4.78 is 35.0. The summed E-state index contributed by atoms with van der Waals surface area (Å²) in [6, 6.07) is 16.8. The number of amides is 1. The van der Waals surface area contributed by atoms with E-state index in [2.05, 4.69) is 4.40 Å². The fourth-order valence-electron chi connectivity index (χ4n) is 4.54. The van der Waals surface area contributed by atoms with Crippen molar-refractivity contribution in [1.29, 1.82) is 0 Å². The standard InChI is InChI=1S/C26H23F2N3O2/c1-33-20-8-4-6-17(14-20)24-23-9-2-3-13-31(23)25(29-24)18-7-5-12-30(16-18)26(32)21-11-10-19(27)15-22(21)28/h2-4,6,8-11,13-15,18H,5,7,12,16H2,1H3. The van der Waals surface area contributed by atoms with Crippen molar-refractivity contribution in [3.63, 3.8) is 0 Å². The van der Waals surface area contributed by atoms with Gasteiger partial charge in [-0.1, -0.05) is 18.2 Å². The Bertz CT molecular complexity index is 1330. The van der Waals surface area contributed by atoms with Crippen LogP contribution in [0.5, 0.6) is 5.75 Å². The van der Waals surface area contributed by atoms with E-state index in [1.165, 1.54) is 6.07 Å². The first-order chi connectivity index (χ1) is 16.0. The van der Waals surface area contributed by atoms with Gasteiger partial charge in [-0.2, -0.15) is 0 Å². The molecular formula is C26H23F2N3O2. The first-order valence-electron chi connectivity index (χ1n) is 10.9. The molecule has 1 aliphatic rings. The Kier molecular flexibility index (Phi) is 5.54. The van der Waals surface area contributed by atoms with E-state index in [9.17, 15) is 13.6 Å². The number of piperidine rings is 1. The molecule has 3 heterocycles. The normalized spacial score (nSPS) is 16.2. The second-order valence-corrected chi connectivity index (χ2v) is 8.22. The fraction of sp³-hybridized carbons (Fsp3) is 0.231. The molecule has 0 saturated carbocycles. The maximum Gasteiger partial charge on any atom is 0.256 e. The summed E-state index contributed by atoms with van der Waals surface area (Å²) in [5.74, 6) is -0.364. The third-order valence-corrected chi connectivity index (χ3v) is 6.15. The lowest BCUT2D eigenvalue weighted by Gasteiger charge is -2.32. The van der Waals surface area contributed by atoms with Crippen molar-refractivity contribution in [2.45, 2.75) is 18.8 Å². The van der Waals surface area contributed by atoms with Crippen LogP contribution < -0.4 is 4.74 Å². The van der Waals surface area contributed by atoms with Crippen molar-refractivity contribution in [3.8, 4) is 17.0 Å². The Morgan fingerprint density at radius 3 is 2.79 bits per heavy atom. The Hall–Kier alpha value is -3.74. The molecule has 2 aromatic heterocycles. The predicted octanol–water partition coefficient (Wildman–Crippen LogP) is 5.31. The molecule has 4 aromatic rings. The van der Waals surface area contributed by atoms with Crippen molar-refractivity contribution < 1.29 is 18.3 Å². The molecule has 1 unspecified atom stereocenters. The quantitative estimate of drug-likeness (QED) is 0.426. The Morgan fingerprint density at radius 1 is 1.09 bits per heavy atom. The minimum atomic E-state index is -0.839. The number of carbonyl (C=O) groups is 1. The number of methoxy groups -OCH3 is 1. The molecule has 0 aliphatic carbocycles. The van der Waals surface area contributed by atoms with Crippen LogP contribution in [0.2, 0.25) is 0 Å². The van der Waals surface area contributed by atoms with Crippen LogP contribution >= 0.6 is 0 Å². The first kappa shape index (κ1) is 21.1. The number of hydrogen-bond acceptors (Lipinski definition) is 3. The van der Waals surface area contributed by atoms with Crippen LogP contribution in [0.3, 0.4) is 0 Å². The number of hydrogen-bond donors (Lipinski definition) is 0. The predicted molar refractivity (Wildman–Crippen MR) is 121 cm³/mol. The van der Waals surface area contributed by atoms with Gasteiger partial charge in [0, 0.05) is 36.8 Å². The number of carbonyl (C=O) groups excluding carboxylic acids is 1. The molecule has 5 rings (SSSR count). The Morgan fingerprint density at radius 2 is 1.97 bits per heavy atom. The van der Waals surface area contributed by atoms with Gasteiger partial charge in [-0.05, 0) is 49.2 Å². The zero-order chi connectivity index (χ0) is 22.9. The summed E-state index contributed by atoms with van der Waals surface area (Å²) >= 11 is 0. The van der Waals surface area contributed by atoms with Gasteiger partial charge in [-0.25, -0.2) is 13.8 Å². The van der Waals surface area contributed by atoms with Gasteiger partial charge in [-0.3, -0.25) is 4.79 Å². The molecule has 1 amide bonds. The molecule has 7 heteroatoms. The van der Waals surface area contributed by atoms with Crippen LogP contribution in [0.1, 0.15) is 34.9 Å². The molecule has 0 radical (unpaired) electrons. The number of pyridine rings is 1. The molecule has 168 valence electrons. The lowest BCUT2D eigenvalue weighted by molar-refractivity contribution is 0.0699. The molecule has 1 saturated heterocycles. The molecule has 1 fully saturated rings. The number of likely N-dealkylation sites (tertiary alicyclic amines) is 1. The van der Waals surface area contributed by atoms with Gasteiger partial charge in [-0.15, -0.1) is 0 Å². The van der Waals surface area contributed by atoms with E-state index in [-0.39, 0.29) is 11.5 Å². The second-order valence-electron chi connectivity index (χ2n) is 8.22. The summed E-state index contributed by atoms with van der Waals surface area (Å²) in [6.45, 7) is 0.944. The minimum Gasteiger partial charge on any atom is -0.497 e. The highest BCUT2D eigenvalue weighted by Gasteiger charge is 2.30. The molecule has 5 nitrogen and oxygen atoms in total. The molecule has 0 spiro atoms. The van der Waals surface area contributed by atoms with Crippen molar-refractivity contribution >= 4 is 11.4 Å². The zero-order valence-corrected chi connectivity index (χ0v) is 18.2. The van der Waals surface area contributed by atoms with E-state index in [1.54, 1.807) is 12.0 Å². The Balaban J connectivity index is 1.49. The van der Waals surface area contributed by atoms with Gasteiger partial charge >= 0.3 is 0 Å². The van der Waals surface area contributed by atoms with Gasteiger partial charge in [0.25, 0.3) is 5.91 Å². The third kappa shape index (κ3) is 3.95. The number of aromatic nitrogens is 2. The molecule has 1 aliphatic heterocycles. The molecular weight excluding hydrogens is 424 g/mol. The van der Waals surface area contributed by atoms with Crippen LogP contribution in [0.25, 0.3) is 16.8 Å². The molecule has 0 bridgehead atoms. The number of imidazole rings is 1. The van der Waals surface area contributed by atoms with E-state index < -0.39 is 17.5 Å². The van der Waals surface area contributed by atoms with E-state index >= 15 is 0 Å². The summed E-state index contributed by atoms with van der Waals surface area (Å²) in [4.78, 5) is 19.6. The number of ether oxygens (including phenoxy) is 1. The van der Waals surface area contributed by atoms with Crippen LogP contribution in [0.15, 0.2) is 66.9 Å². The average molecular weight is 447 g/mol. The van der Waals surface area contributed by atoms with Gasteiger partial charge in [0.05, 0.1) is 23.9 Å². The minimum absolute atomic E-state index is 0.0135. The lowest BCUT2D eigenvalue weighted by Crippen LogP contribution is -2.40. The van der Waals surface area contributed by atoms with Crippen LogP contribution in [-0.4, -0.2) is 40.4 Å². The number of rotatable bonds is 4. The number of halogens is 2. The van der Waals surface area contributed by atoms with E-state index in [0.717, 1.165) is 53.3 Å². The van der Waals surface area contributed by atoms with Crippen LogP contribution in [-0.2, 0) is 0 Å². The van der Waals surface area contributed by atoms with Gasteiger partial charge in [0.1, 0.15) is 23.2 Å². The van der Waals surface area contributed by atoms with Gasteiger partial charge in [0.2, 0.25) is 0 Å². The third-order valence-electron chi connectivity index (χ3n) is 6.15. The van der Waals surface area contributed by atoms with Crippen LogP contribution in [0, 0.1) is 11.6 Å². The number of nitrogens with zero attached hydrogens (tertiary/aromatic N) is 3. The van der Waals surface area contributed by atoms with Gasteiger partial charge in [0.15, 0.2) is 0 Å². The average Bonchev–Trinajstić information content (AvgIpc) is 3.24. The second kappa shape index (κ2) is 8.65. The number of fused-ring (bicyclic) bond motifs is 1. The maximum atomic E-state index is 14.2. The topological polar surface area (TPSA) is 46.8 Å². The maximum absolute atomic E-state index is 14.2. The zero-order valence-electron chi connectivity index (χ0n) is 18.2. The highest BCUT2D eigenvalue weighted by atomic mass is 19.1. The summed E-state index contributed by atoms with van der Waals surface area (Å²) in [5, 5.41) is 0. The number of benzene rings is 2. The SMILES string of the molecule is COc1cccc(-c2nc(C3CCCN(C(=O)c4ccc(F)cc4F)C3)n3ccccc23)c1. The van der Waals surface area contributed by atoms with E-state index in [1.807, 2.05) is 48.7 Å². The summed E-state index contributed by atoms with van der Waals surface area (Å²) in [7, 11) is 1.63. The molecule has 2 aromatic carbocycles. The molecule has 33 heavy (non-hydrogen) atoms. The molecule has 1 atom stereocenters. The van der Waals surface area contributed by atoms with Crippen molar-refractivity contribution in [2.75, 3.05) is 20.2 Å². The van der Waals surface area contributed by atoms with E-state index in [4.69, 9.17) is 9.72 Å². The van der Waals surface area contributed by atoms with Crippen molar-refractivity contribution in [1.82, 2.24) is 14.3 Å². The highest BCUT2D eigenvalue weighted by Crippen LogP contribution is 2.33. The van der Waals surface area contributed by atoms with Crippen molar-refractivity contribution in [3.05, 3.63) is 89.9 Å². The lowest BCUT2D eigenvalue weighted by atomic mass is 9.96. The monoisotopic (exact) mass is 447 g/mol. The summed E-state index contributed by atoms with van der Waals surface area (Å²) in [6.07, 6.45) is 3.61. The largest absolute Gasteiger partial charge is 0.497 e.